The van der Waals surface area contributed by atoms with E-state index in [4.69, 9.17) is 0 Å². The van der Waals surface area contributed by atoms with E-state index in [-0.39, 0.29) is 5.82 Å². The Bertz CT molecular complexity index is 560. The maximum atomic E-state index is 13.6. The highest BCUT2D eigenvalue weighted by Gasteiger charge is 2.05. The van der Waals surface area contributed by atoms with Gasteiger partial charge in [-0.3, -0.25) is 0 Å². The van der Waals surface area contributed by atoms with Crippen molar-refractivity contribution in [2.24, 2.45) is 0 Å². The first-order chi connectivity index (χ1) is 9.17. The average molecular weight is 277 g/mol. The first kappa shape index (κ1) is 14.0. The van der Waals surface area contributed by atoms with E-state index in [1.54, 1.807) is 12.3 Å². The van der Waals surface area contributed by atoms with Crippen LogP contribution in [0.4, 0.5) is 4.39 Å². The Morgan fingerprint density at radius 3 is 2.89 bits per heavy atom. The Hall–Kier alpha value is -1.46. The standard InChI is InChI=1S/C14H16FN3S/c1-3-16-9-11-6-12(15)8-13(7-11)19-14-17-5-4-10(2)18-14/h4-8,16H,3,9H2,1-2H3. The molecule has 0 radical (unpaired) electrons. The lowest BCUT2D eigenvalue weighted by Crippen LogP contribution is -2.11. The maximum Gasteiger partial charge on any atom is 0.192 e. The summed E-state index contributed by atoms with van der Waals surface area (Å²) in [6.45, 7) is 5.46. The molecule has 2 aromatic rings. The highest BCUT2D eigenvalue weighted by Crippen LogP contribution is 2.26. The number of nitrogens with one attached hydrogen (secondary N) is 1. The highest BCUT2D eigenvalue weighted by molar-refractivity contribution is 7.99. The van der Waals surface area contributed by atoms with Crippen LogP contribution in [0.2, 0.25) is 0 Å². The molecule has 0 aliphatic heterocycles. The number of rotatable bonds is 5. The van der Waals surface area contributed by atoms with E-state index in [2.05, 4.69) is 15.3 Å². The van der Waals surface area contributed by atoms with Gasteiger partial charge in [0.15, 0.2) is 5.16 Å². The quantitative estimate of drug-likeness (QED) is 0.852. The van der Waals surface area contributed by atoms with Gasteiger partial charge in [0, 0.05) is 23.3 Å². The number of hydrogen-bond donors (Lipinski definition) is 1. The fourth-order valence-corrected chi connectivity index (χ4v) is 2.53. The lowest BCUT2D eigenvalue weighted by molar-refractivity contribution is 0.617. The molecular weight excluding hydrogens is 261 g/mol. The van der Waals surface area contributed by atoms with Crippen molar-refractivity contribution >= 4 is 11.8 Å². The van der Waals surface area contributed by atoms with E-state index in [1.165, 1.54) is 17.8 Å². The molecule has 19 heavy (non-hydrogen) atoms. The van der Waals surface area contributed by atoms with Gasteiger partial charge in [-0.05, 0) is 55.1 Å². The molecule has 0 aliphatic carbocycles. The van der Waals surface area contributed by atoms with Gasteiger partial charge in [-0.15, -0.1) is 0 Å². The van der Waals surface area contributed by atoms with Crippen LogP contribution >= 0.6 is 11.8 Å². The monoisotopic (exact) mass is 277 g/mol. The molecule has 1 aromatic carbocycles. The summed E-state index contributed by atoms with van der Waals surface area (Å²) >= 11 is 1.37. The van der Waals surface area contributed by atoms with Gasteiger partial charge in [0.2, 0.25) is 0 Å². The highest BCUT2D eigenvalue weighted by atomic mass is 32.2. The van der Waals surface area contributed by atoms with Crippen LogP contribution in [0.5, 0.6) is 0 Å². The smallest absolute Gasteiger partial charge is 0.192 e. The SMILES string of the molecule is CCNCc1cc(F)cc(Sc2nccc(C)n2)c1. The zero-order chi connectivity index (χ0) is 13.7. The lowest BCUT2D eigenvalue weighted by atomic mass is 10.2. The molecule has 0 fully saturated rings. The van der Waals surface area contributed by atoms with Crippen molar-refractivity contribution in [3.8, 4) is 0 Å². The fourth-order valence-electron chi connectivity index (χ4n) is 1.63. The van der Waals surface area contributed by atoms with E-state index in [0.29, 0.717) is 11.7 Å². The van der Waals surface area contributed by atoms with Gasteiger partial charge in [-0.1, -0.05) is 6.92 Å². The Morgan fingerprint density at radius 1 is 1.32 bits per heavy atom. The summed E-state index contributed by atoms with van der Waals surface area (Å²) in [5.74, 6) is -0.231. The molecule has 1 N–H and O–H groups in total. The summed E-state index contributed by atoms with van der Waals surface area (Å²) < 4.78 is 13.6. The normalized spacial score (nSPS) is 10.7. The Morgan fingerprint density at radius 2 is 2.16 bits per heavy atom. The summed E-state index contributed by atoms with van der Waals surface area (Å²) in [5, 5.41) is 3.82. The molecule has 0 aliphatic rings. The van der Waals surface area contributed by atoms with Crippen LogP contribution in [-0.2, 0) is 6.54 Å². The largest absolute Gasteiger partial charge is 0.313 e. The molecule has 0 atom stereocenters. The number of hydrogen-bond acceptors (Lipinski definition) is 4. The van der Waals surface area contributed by atoms with Gasteiger partial charge in [-0.2, -0.15) is 0 Å². The first-order valence-electron chi connectivity index (χ1n) is 6.15. The molecule has 3 nitrogen and oxygen atoms in total. The van der Waals surface area contributed by atoms with Crippen LogP contribution in [0, 0.1) is 12.7 Å². The van der Waals surface area contributed by atoms with Crippen molar-refractivity contribution in [3.63, 3.8) is 0 Å². The maximum absolute atomic E-state index is 13.6. The van der Waals surface area contributed by atoms with Crippen LogP contribution in [0.1, 0.15) is 18.2 Å². The molecule has 0 saturated carbocycles. The second-order valence-corrected chi connectivity index (χ2v) is 5.20. The predicted molar refractivity (Wildman–Crippen MR) is 74.7 cm³/mol. The number of aryl methyl sites for hydroxylation is 1. The minimum absolute atomic E-state index is 0.231. The minimum Gasteiger partial charge on any atom is -0.313 e. The molecule has 0 amide bonds. The van der Waals surface area contributed by atoms with Gasteiger partial charge in [0.25, 0.3) is 0 Å². The van der Waals surface area contributed by atoms with Crippen molar-refractivity contribution < 1.29 is 4.39 Å². The van der Waals surface area contributed by atoms with Gasteiger partial charge in [0.1, 0.15) is 5.82 Å². The van der Waals surface area contributed by atoms with E-state index in [1.807, 2.05) is 26.0 Å². The van der Waals surface area contributed by atoms with Crippen molar-refractivity contribution in [1.29, 1.82) is 0 Å². The summed E-state index contributed by atoms with van der Waals surface area (Å²) in [6, 6.07) is 6.85. The number of aromatic nitrogens is 2. The van der Waals surface area contributed by atoms with E-state index < -0.39 is 0 Å². The second-order valence-electron chi connectivity index (χ2n) is 4.16. The molecule has 0 unspecified atom stereocenters. The van der Waals surface area contributed by atoms with Gasteiger partial charge in [0.05, 0.1) is 0 Å². The third-order valence-electron chi connectivity index (χ3n) is 2.49. The topological polar surface area (TPSA) is 37.8 Å². The Kier molecular flexibility index (Phi) is 4.87. The van der Waals surface area contributed by atoms with Gasteiger partial charge in [-0.25, -0.2) is 14.4 Å². The number of halogens is 1. The van der Waals surface area contributed by atoms with Gasteiger partial charge >= 0.3 is 0 Å². The summed E-state index contributed by atoms with van der Waals surface area (Å²) in [7, 11) is 0. The van der Waals surface area contributed by atoms with Crippen LogP contribution < -0.4 is 5.32 Å². The van der Waals surface area contributed by atoms with Crippen molar-refractivity contribution in [2.75, 3.05) is 6.54 Å². The molecule has 100 valence electrons. The van der Waals surface area contributed by atoms with Crippen LogP contribution in [0.3, 0.4) is 0 Å². The molecule has 2 rings (SSSR count). The van der Waals surface area contributed by atoms with Crippen molar-refractivity contribution in [1.82, 2.24) is 15.3 Å². The van der Waals surface area contributed by atoms with Crippen LogP contribution in [-0.4, -0.2) is 16.5 Å². The molecule has 0 spiro atoms. The summed E-state index contributed by atoms with van der Waals surface area (Å²) in [5.41, 5.74) is 1.83. The van der Waals surface area contributed by atoms with Gasteiger partial charge < -0.3 is 5.32 Å². The zero-order valence-electron chi connectivity index (χ0n) is 11.0. The Balaban J connectivity index is 2.17. The third-order valence-corrected chi connectivity index (χ3v) is 3.34. The Labute approximate surface area is 116 Å². The molecule has 5 heteroatoms. The fraction of sp³-hybridized carbons (Fsp3) is 0.286. The van der Waals surface area contributed by atoms with E-state index in [9.17, 15) is 4.39 Å². The predicted octanol–water partition coefficient (Wildman–Crippen LogP) is 3.18. The van der Waals surface area contributed by atoms with Crippen molar-refractivity contribution in [3.05, 3.63) is 47.5 Å². The van der Waals surface area contributed by atoms with Crippen LogP contribution in [0.15, 0.2) is 40.5 Å². The summed E-state index contributed by atoms with van der Waals surface area (Å²) in [4.78, 5) is 9.29. The third kappa shape index (κ3) is 4.29. The van der Waals surface area contributed by atoms with E-state index in [0.717, 1.165) is 22.7 Å². The molecule has 0 bridgehead atoms. The van der Waals surface area contributed by atoms with Crippen molar-refractivity contribution in [2.45, 2.75) is 30.4 Å². The average Bonchev–Trinajstić information content (AvgIpc) is 2.35. The van der Waals surface area contributed by atoms with E-state index >= 15 is 0 Å². The van der Waals surface area contributed by atoms with Crippen LogP contribution in [0.25, 0.3) is 0 Å². The molecule has 1 aromatic heterocycles. The minimum atomic E-state index is -0.231. The number of nitrogens with zero attached hydrogens (tertiary/aromatic N) is 2. The molecular formula is C14H16FN3S. The lowest BCUT2D eigenvalue weighted by Gasteiger charge is -2.06. The number of benzene rings is 1. The second kappa shape index (κ2) is 6.63. The zero-order valence-corrected chi connectivity index (χ0v) is 11.8. The first-order valence-corrected chi connectivity index (χ1v) is 6.96. The molecule has 1 heterocycles. The summed E-state index contributed by atoms with van der Waals surface area (Å²) in [6.07, 6.45) is 1.71. The molecule has 0 saturated heterocycles.